The zero-order valence-corrected chi connectivity index (χ0v) is 18.0. The summed E-state index contributed by atoms with van der Waals surface area (Å²) in [6, 6.07) is 15.5. The molecular formula is C24H29N3O4. The number of para-hydroxylation sites is 2. The third kappa shape index (κ3) is 5.17. The fraction of sp³-hybridized carbons (Fsp3) is 0.417. The van der Waals surface area contributed by atoms with Crippen LogP contribution >= 0.6 is 0 Å². The van der Waals surface area contributed by atoms with E-state index in [-0.39, 0.29) is 24.8 Å². The molecule has 0 unspecified atom stereocenters. The number of carbonyl (C=O) groups excluding carboxylic acids is 2. The Hall–Kier alpha value is -3.06. The first-order valence-corrected chi connectivity index (χ1v) is 10.8. The van der Waals surface area contributed by atoms with E-state index in [1.54, 1.807) is 12.0 Å². The van der Waals surface area contributed by atoms with E-state index in [2.05, 4.69) is 17.0 Å². The number of benzene rings is 2. The molecule has 2 aliphatic rings. The molecule has 0 atom stereocenters. The molecule has 0 bridgehead atoms. The molecule has 0 spiro atoms. The Labute approximate surface area is 183 Å². The minimum absolute atomic E-state index is 0.0173. The highest BCUT2D eigenvalue weighted by atomic mass is 16.5. The molecule has 0 radical (unpaired) electrons. The third-order valence-electron chi connectivity index (χ3n) is 5.83. The van der Waals surface area contributed by atoms with Gasteiger partial charge in [-0.15, -0.1) is 0 Å². The first-order valence-electron chi connectivity index (χ1n) is 10.8. The zero-order valence-electron chi connectivity index (χ0n) is 18.0. The second-order valence-electron chi connectivity index (χ2n) is 7.90. The molecule has 0 aliphatic carbocycles. The molecule has 0 aromatic heterocycles. The predicted octanol–water partition coefficient (Wildman–Crippen LogP) is 2.55. The quantitative estimate of drug-likeness (QED) is 0.740. The molecule has 2 aromatic rings. The van der Waals surface area contributed by atoms with E-state index in [1.807, 2.05) is 41.3 Å². The van der Waals surface area contributed by atoms with Gasteiger partial charge in [0.25, 0.3) is 0 Å². The molecule has 7 heteroatoms. The van der Waals surface area contributed by atoms with Gasteiger partial charge in [0.15, 0.2) is 0 Å². The van der Waals surface area contributed by atoms with Gasteiger partial charge in [0.1, 0.15) is 18.0 Å². The fourth-order valence-electron chi connectivity index (χ4n) is 4.10. The van der Waals surface area contributed by atoms with Gasteiger partial charge in [-0.05, 0) is 36.2 Å². The predicted molar refractivity (Wildman–Crippen MR) is 118 cm³/mol. The van der Waals surface area contributed by atoms with Crippen LogP contribution < -0.4 is 14.4 Å². The van der Waals surface area contributed by atoms with Crippen LogP contribution in [0.15, 0.2) is 48.5 Å². The molecule has 0 saturated carbocycles. The number of rotatable bonds is 5. The summed E-state index contributed by atoms with van der Waals surface area (Å²) in [5.74, 6) is 1.42. The second kappa shape index (κ2) is 9.83. The van der Waals surface area contributed by atoms with E-state index in [0.29, 0.717) is 31.1 Å². The zero-order chi connectivity index (χ0) is 21.6. The lowest BCUT2D eigenvalue weighted by Gasteiger charge is -2.26. The highest BCUT2D eigenvalue weighted by molar-refractivity contribution is 6.00. The number of hydrogen-bond donors (Lipinski definition) is 0. The molecular weight excluding hydrogens is 394 g/mol. The van der Waals surface area contributed by atoms with Gasteiger partial charge in [-0.3, -0.25) is 19.4 Å². The Morgan fingerprint density at radius 1 is 1.03 bits per heavy atom. The SMILES string of the molecule is COc1ccc(CN2CCCN(C(=O)CN3C(=O)CCOc4ccccc43)CC2)cc1. The van der Waals surface area contributed by atoms with Crippen molar-refractivity contribution in [3.8, 4) is 11.5 Å². The van der Waals surface area contributed by atoms with Crippen LogP contribution in [0.4, 0.5) is 5.69 Å². The van der Waals surface area contributed by atoms with Gasteiger partial charge in [0.2, 0.25) is 11.8 Å². The molecule has 164 valence electrons. The van der Waals surface area contributed by atoms with Crippen molar-refractivity contribution in [3.05, 3.63) is 54.1 Å². The van der Waals surface area contributed by atoms with Crippen LogP contribution in [0.25, 0.3) is 0 Å². The van der Waals surface area contributed by atoms with Crippen LogP contribution in [-0.4, -0.2) is 68.1 Å². The number of methoxy groups -OCH3 is 1. The number of ether oxygens (including phenoxy) is 2. The maximum absolute atomic E-state index is 13.1. The van der Waals surface area contributed by atoms with Crippen molar-refractivity contribution < 1.29 is 19.1 Å². The third-order valence-corrected chi connectivity index (χ3v) is 5.83. The smallest absolute Gasteiger partial charge is 0.242 e. The Balaban J connectivity index is 1.36. The van der Waals surface area contributed by atoms with Crippen LogP contribution in [0.5, 0.6) is 11.5 Å². The van der Waals surface area contributed by atoms with Crippen LogP contribution in [0, 0.1) is 0 Å². The number of hydrogen-bond acceptors (Lipinski definition) is 5. The number of carbonyl (C=O) groups is 2. The number of amides is 2. The molecule has 2 heterocycles. The average Bonchev–Trinajstić information content (AvgIpc) is 3.11. The summed E-state index contributed by atoms with van der Waals surface area (Å²) in [6.45, 7) is 4.36. The fourth-order valence-corrected chi connectivity index (χ4v) is 4.10. The lowest BCUT2D eigenvalue weighted by Crippen LogP contribution is -2.44. The topological polar surface area (TPSA) is 62.3 Å². The molecule has 1 fully saturated rings. The molecule has 7 nitrogen and oxygen atoms in total. The maximum atomic E-state index is 13.1. The van der Waals surface area contributed by atoms with Gasteiger partial charge in [0, 0.05) is 32.7 Å². The van der Waals surface area contributed by atoms with Crippen LogP contribution in [0.3, 0.4) is 0 Å². The van der Waals surface area contributed by atoms with E-state index in [4.69, 9.17) is 9.47 Å². The minimum Gasteiger partial charge on any atom is -0.497 e. The van der Waals surface area contributed by atoms with E-state index in [1.165, 1.54) is 5.56 Å². The van der Waals surface area contributed by atoms with Gasteiger partial charge >= 0.3 is 0 Å². The Morgan fingerprint density at radius 2 is 1.84 bits per heavy atom. The monoisotopic (exact) mass is 423 g/mol. The van der Waals surface area contributed by atoms with Crippen molar-refractivity contribution in [1.82, 2.24) is 9.80 Å². The molecule has 31 heavy (non-hydrogen) atoms. The lowest BCUT2D eigenvalue weighted by atomic mass is 10.2. The summed E-state index contributed by atoms with van der Waals surface area (Å²) in [6.07, 6.45) is 1.19. The summed E-state index contributed by atoms with van der Waals surface area (Å²) in [4.78, 5) is 31.5. The van der Waals surface area contributed by atoms with E-state index in [9.17, 15) is 9.59 Å². The largest absolute Gasteiger partial charge is 0.497 e. The van der Waals surface area contributed by atoms with E-state index >= 15 is 0 Å². The molecule has 0 N–H and O–H groups in total. The van der Waals surface area contributed by atoms with Gasteiger partial charge in [-0.1, -0.05) is 24.3 Å². The summed E-state index contributed by atoms with van der Waals surface area (Å²) in [5.41, 5.74) is 1.90. The van der Waals surface area contributed by atoms with Crippen LogP contribution in [0.2, 0.25) is 0 Å². The van der Waals surface area contributed by atoms with Crippen LogP contribution in [-0.2, 0) is 16.1 Å². The van der Waals surface area contributed by atoms with Gasteiger partial charge in [0.05, 0.1) is 25.8 Å². The lowest BCUT2D eigenvalue weighted by molar-refractivity contribution is -0.131. The summed E-state index contributed by atoms with van der Waals surface area (Å²) < 4.78 is 10.9. The molecule has 2 aliphatic heterocycles. The van der Waals surface area contributed by atoms with Crippen molar-refractivity contribution in [2.24, 2.45) is 0 Å². The molecule has 2 aromatic carbocycles. The molecule has 4 rings (SSSR count). The van der Waals surface area contributed by atoms with Crippen molar-refractivity contribution in [3.63, 3.8) is 0 Å². The number of nitrogens with zero attached hydrogens (tertiary/aromatic N) is 3. The summed E-state index contributed by atoms with van der Waals surface area (Å²) in [5, 5.41) is 0. The highest BCUT2D eigenvalue weighted by Crippen LogP contribution is 2.31. The average molecular weight is 424 g/mol. The second-order valence-corrected chi connectivity index (χ2v) is 7.90. The van der Waals surface area contributed by atoms with Crippen LogP contribution in [0.1, 0.15) is 18.4 Å². The van der Waals surface area contributed by atoms with Gasteiger partial charge in [-0.2, -0.15) is 0 Å². The van der Waals surface area contributed by atoms with Crippen molar-refractivity contribution in [1.29, 1.82) is 0 Å². The van der Waals surface area contributed by atoms with E-state index < -0.39 is 0 Å². The summed E-state index contributed by atoms with van der Waals surface area (Å²) in [7, 11) is 1.67. The van der Waals surface area contributed by atoms with Gasteiger partial charge in [-0.25, -0.2) is 0 Å². The van der Waals surface area contributed by atoms with Crippen molar-refractivity contribution in [2.45, 2.75) is 19.4 Å². The Bertz CT molecular complexity index is 915. The first-order chi connectivity index (χ1) is 15.1. The van der Waals surface area contributed by atoms with Gasteiger partial charge < -0.3 is 14.4 Å². The standard InChI is InChI=1S/C24H29N3O4/c1-30-20-9-7-19(8-10-20)17-25-12-4-13-26(15-14-25)24(29)18-27-21-5-2-3-6-22(21)31-16-11-23(27)28/h2-3,5-10H,4,11-18H2,1H3. The normalized spacial score (nSPS) is 17.4. The Morgan fingerprint density at radius 3 is 2.65 bits per heavy atom. The minimum atomic E-state index is -0.0748. The molecule has 2 amide bonds. The van der Waals surface area contributed by atoms with Crippen molar-refractivity contribution >= 4 is 17.5 Å². The molecule has 1 saturated heterocycles. The number of anilines is 1. The highest BCUT2D eigenvalue weighted by Gasteiger charge is 2.27. The maximum Gasteiger partial charge on any atom is 0.242 e. The first kappa shape index (κ1) is 21.2. The van der Waals surface area contributed by atoms with Crippen molar-refractivity contribution in [2.75, 3.05) is 51.3 Å². The number of fused-ring (bicyclic) bond motifs is 1. The Kier molecular flexibility index (Phi) is 6.72. The van der Waals surface area contributed by atoms with E-state index in [0.717, 1.165) is 31.8 Å². The summed E-state index contributed by atoms with van der Waals surface area (Å²) >= 11 is 0.